The number of ether oxygens (including phenoxy) is 1. The third-order valence-electron chi connectivity index (χ3n) is 3.50. The highest BCUT2D eigenvalue weighted by Gasteiger charge is 2.32. The molecule has 2 N–H and O–H groups in total. The van der Waals surface area contributed by atoms with Crippen molar-refractivity contribution in [1.82, 2.24) is 15.5 Å². The van der Waals surface area contributed by atoms with Crippen LogP contribution in [0.25, 0.3) is 0 Å². The first-order valence-electron chi connectivity index (χ1n) is 6.99. The van der Waals surface area contributed by atoms with Crippen molar-refractivity contribution in [3.8, 4) is 5.75 Å². The second-order valence-corrected chi connectivity index (χ2v) is 5.05. The van der Waals surface area contributed by atoms with Gasteiger partial charge in [-0.05, 0) is 31.2 Å². The highest BCUT2D eigenvalue weighted by atomic mass is 35.5. The van der Waals surface area contributed by atoms with Gasteiger partial charge < -0.3 is 20.3 Å². The van der Waals surface area contributed by atoms with E-state index in [4.69, 9.17) is 4.74 Å². The molecule has 0 saturated carbocycles. The maximum Gasteiger partial charge on any atom is 0.245 e. The number of benzene rings is 1. The molecule has 1 aromatic rings. The van der Waals surface area contributed by atoms with Crippen molar-refractivity contribution >= 4 is 24.2 Å². The van der Waals surface area contributed by atoms with Crippen molar-refractivity contribution < 1.29 is 14.3 Å². The van der Waals surface area contributed by atoms with Crippen LogP contribution in [0.2, 0.25) is 0 Å². The van der Waals surface area contributed by atoms with Crippen molar-refractivity contribution in [3.63, 3.8) is 0 Å². The SMILES string of the molecule is CNCC(=O)NC1CCN(Cc2ccc(OC)cc2)C1=O.Cl. The van der Waals surface area contributed by atoms with E-state index < -0.39 is 6.04 Å². The monoisotopic (exact) mass is 327 g/mol. The lowest BCUT2D eigenvalue weighted by molar-refractivity contribution is -0.132. The Bertz CT molecular complexity index is 507. The van der Waals surface area contributed by atoms with Gasteiger partial charge in [-0.1, -0.05) is 12.1 Å². The van der Waals surface area contributed by atoms with Crippen molar-refractivity contribution in [2.45, 2.75) is 19.0 Å². The summed E-state index contributed by atoms with van der Waals surface area (Å²) >= 11 is 0. The Hall–Kier alpha value is -1.79. The van der Waals surface area contributed by atoms with Crippen molar-refractivity contribution in [3.05, 3.63) is 29.8 Å². The maximum atomic E-state index is 12.2. The van der Waals surface area contributed by atoms with Gasteiger partial charge >= 0.3 is 0 Å². The van der Waals surface area contributed by atoms with Gasteiger partial charge in [0.25, 0.3) is 0 Å². The number of rotatable bonds is 6. The zero-order valence-corrected chi connectivity index (χ0v) is 13.6. The van der Waals surface area contributed by atoms with Crippen LogP contribution in [0.4, 0.5) is 0 Å². The number of carbonyl (C=O) groups excluding carboxylic acids is 2. The molecule has 22 heavy (non-hydrogen) atoms. The minimum atomic E-state index is -0.399. The first-order chi connectivity index (χ1) is 10.1. The van der Waals surface area contributed by atoms with Crippen LogP contribution in [0, 0.1) is 0 Å². The maximum absolute atomic E-state index is 12.2. The topological polar surface area (TPSA) is 70.7 Å². The van der Waals surface area contributed by atoms with Crippen molar-refractivity contribution in [2.75, 3.05) is 27.2 Å². The third-order valence-corrected chi connectivity index (χ3v) is 3.50. The van der Waals surface area contributed by atoms with E-state index in [0.29, 0.717) is 19.5 Å². The number of likely N-dealkylation sites (N-methyl/N-ethyl adjacent to an activating group) is 1. The molecule has 1 aromatic carbocycles. The molecule has 1 fully saturated rings. The summed E-state index contributed by atoms with van der Waals surface area (Å²) in [5.74, 6) is 0.626. The van der Waals surface area contributed by atoms with Crippen LogP contribution in [0.3, 0.4) is 0 Å². The number of hydrogen-bond acceptors (Lipinski definition) is 4. The normalized spacial score (nSPS) is 17.1. The van der Waals surface area contributed by atoms with Gasteiger partial charge in [-0.25, -0.2) is 0 Å². The van der Waals surface area contributed by atoms with Gasteiger partial charge in [-0.3, -0.25) is 9.59 Å². The molecule has 0 aromatic heterocycles. The number of methoxy groups -OCH3 is 1. The number of halogens is 1. The molecule has 1 unspecified atom stereocenters. The lowest BCUT2D eigenvalue weighted by Gasteiger charge is -2.17. The highest BCUT2D eigenvalue weighted by Crippen LogP contribution is 2.17. The highest BCUT2D eigenvalue weighted by molar-refractivity contribution is 5.89. The average molecular weight is 328 g/mol. The summed E-state index contributed by atoms with van der Waals surface area (Å²) in [6, 6.07) is 7.24. The summed E-state index contributed by atoms with van der Waals surface area (Å²) in [6.45, 7) is 1.44. The van der Waals surface area contributed by atoms with Gasteiger partial charge in [0.1, 0.15) is 11.8 Å². The molecule has 1 heterocycles. The number of likely N-dealkylation sites (tertiary alicyclic amines) is 1. The van der Waals surface area contributed by atoms with Crippen LogP contribution in [0.5, 0.6) is 5.75 Å². The molecule has 1 atom stereocenters. The Morgan fingerprint density at radius 3 is 2.64 bits per heavy atom. The molecule has 2 rings (SSSR count). The van der Waals surface area contributed by atoms with Crippen LogP contribution in [-0.2, 0) is 16.1 Å². The van der Waals surface area contributed by atoms with Crippen LogP contribution in [0.15, 0.2) is 24.3 Å². The summed E-state index contributed by atoms with van der Waals surface area (Å²) in [4.78, 5) is 25.5. The van der Waals surface area contributed by atoms with Crippen LogP contribution in [-0.4, -0.2) is 50.0 Å². The molecule has 2 amide bonds. The van der Waals surface area contributed by atoms with E-state index in [9.17, 15) is 9.59 Å². The summed E-state index contributed by atoms with van der Waals surface area (Å²) < 4.78 is 5.11. The summed E-state index contributed by atoms with van der Waals surface area (Å²) in [5.41, 5.74) is 1.05. The molecule has 1 aliphatic heterocycles. The van der Waals surface area contributed by atoms with E-state index in [0.717, 1.165) is 11.3 Å². The Morgan fingerprint density at radius 2 is 2.05 bits per heavy atom. The largest absolute Gasteiger partial charge is 0.497 e. The van der Waals surface area contributed by atoms with E-state index in [1.807, 2.05) is 24.3 Å². The lowest BCUT2D eigenvalue weighted by Crippen LogP contribution is -2.44. The molecule has 0 bridgehead atoms. The standard InChI is InChI=1S/C15H21N3O3.ClH/c1-16-9-14(19)17-13-7-8-18(15(13)20)10-11-3-5-12(21-2)6-4-11;/h3-6,13,16H,7-10H2,1-2H3,(H,17,19);1H. The van der Waals surface area contributed by atoms with E-state index in [1.165, 1.54) is 0 Å². The zero-order chi connectivity index (χ0) is 15.2. The second-order valence-electron chi connectivity index (χ2n) is 5.05. The molecule has 1 saturated heterocycles. The Kier molecular flexibility index (Phi) is 7.14. The molecule has 1 aliphatic rings. The van der Waals surface area contributed by atoms with E-state index in [-0.39, 0.29) is 30.8 Å². The Balaban J connectivity index is 0.00000242. The van der Waals surface area contributed by atoms with Crippen LogP contribution >= 0.6 is 12.4 Å². The summed E-state index contributed by atoms with van der Waals surface area (Å²) in [6.07, 6.45) is 0.657. The molecule has 0 spiro atoms. The van der Waals surface area contributed by atoms with Gasteiger partial charge in [0.05, 0.1) is 13.7 Å². The number of hydrogen-bond donors (Lipinski definition) is 2. The fourth-order valence-electron chi connectivity index (χ4n) is 2.39. The third kappa shape index (κ3) is 4.61. The Morgan fingerprint density at radius 1 is 1.36 bits per heavy atom. The second kappa shape index (κ2) is 8.60. The number of carbonyl (C=O) groups is 2. The van der Waals surface area contributed by atoms with Crippen LogP contribution in [0.1, 0.15) is 12.0 Å². The predicted octanol–water partition coefficient (Wildman–Crippen LogP) is 0.554. The molecular weight excluding hydrogens is 306 g/mol. The molecule has 122 valence electrons. The lowest BCUT2D eigenvalue weighted by atomic mass is 10.2. The van der Waals surface area contributed by atoms with E-state index in [1.54, 1.807) is 19.1 Å². The zero-order valence-electron chi connectivity index (χ0n) is 12.8. The molecule has 0 radical (unpaired) electrons. The van der Waals surface area contributed by atoms with E-state index in [2.05, 4.69) is 10.6 Å². The number of amides is 2. The predicted molar refractivity (Wildman–Crippen MR) is 86.1 cm³/mol. The van der Waals surface area contributed by atoms with Crippen molar-refractivity contribution in [2.24, 2.45) is 0 Å². The Labute approximate surface area is 136 Å². The summed E-state index contributed by atoms with van der Waals surface area (Å²) in [5, 5.41) is 5.52. The fourth-order valence-corrected chi connectivity index (χ4v) is 2.39. The first kappa shape index (κ1) is 18.3. The number of nitrogens with one attached hydrogen (secondary N) is 2. The molecule has 0 aliphatic carbocycles. The minimum Gasteiger partial charge on any atom is -0.497 e. The van der Waals surface area contributed by atoms with Crippen molar-refractivity contribution in [1.29, 1.82) is 0 Å². The molecular formula is C15H22ClN3O3. The quantitative estimate of drug-likeness (QED) is 0.800. The minimum absolute atomic E-state index is 0. The smallest absolute Gasteiger partial charge is 0.245 e. The van der Waals surface area contributed by atoms with Gasteiger partial charge in [-0.2, -0.15) is 0 Å². The molecule has 7 heteroatoms. The average Bonchev–Trinajstić information content (AvgIpc) is 2.81. The van der Waals surface area contributed by atoms with Gasteiger partial charge in [0.15, 0.2) is 0 Å². The molecule has 6 nitrogen and oxygen atoms in total. The van der Waals surface area contributed by atoms with Gasteiger partial charge in [0, 0.05) is 13.1 Å². The fraction of sp³-hybridized carbons (Fsp3) is 0.467. The van der Waals surface area contributed by atoms with Gasteiger partial charge in [-0.15, -0.1) is 12.4 Å². The number of nitrogens with zero attached hydrogens (tertiary/aromatic N) is 1. The summed E-state index contributed by atoms with van der Waals surface area (Å²) in [7, 11) is 3.32. The van der Waals surface area contributed by atoms with Gasteiger partial charge in [0.2, 0.25) is 11.8 Å². The van der Waals surface area contributed by atoms with Crippen LogP contribution < -0.4 is 15.4 Å². The van der Waals surface area contributed by atoms with E-state index >= 15 is 0 Å². The first-order valence-corrected chi connectivity index (χ1v) is 6.99.